The number of likely N-dealkylation sites (tertiary alicyclic amines) is 1. The number of hydrogen-bond acceptors (Lipinski definition) is 4. The maximum atomic E-state index is 5.48. The summed E-state index contributed by atoms with van der Waals surface area (Å²) in [6.07, 6.45) is 2.29. The van der Waals surface area contributed by atoms with E-state index in [4.69, 9.17) is 9.47 Å². The number of ether oxygens (including phenoxy) is 2. The van der Waals surface area contributed by atoms with Gasteiger partial charge in [0.1, 0.15) is 5.75 Å². The van der Waals surface area contributed by atoms with Crippen LogP contribution in [0.3, 0.4) is 0 Å². The zero-order chi connectivity index (χ0) is 19.1. The fraction of sp³-hybridized carbons (Fsp3) is 0.667. The summed E-state index contributed by atoms with van der Waals surface area (Å²) in [4.78, 5) is 9.49. The van der Waals surface area contributed by atoms with Crippen molar-refractivity contribution in [1.82, 2.24) is 15.1 Å². The molecule has 0 spiro atoms. The van der Waals surface area contributed by atoms with Crippen molar-refractivity contribution < 1.29 is 9.47 Å². The maximum Gasteiger partial charge on any atom is 0.193 e. The van der Waals surface area contributed by atoms with Crippen LogP contribution in [0.2, 0.25) is 0 Å². The maximum absolute atomic E-state index is 5.48. The molecule has 0 saturated carbocycles. The van der Waals surface area contributed by atoms with Crippen molar-refractivity contribution in [2.75, 3.05) is 60.1 Å². The second-order valence-electron chi connectivity index (χ2n) is 7.47. The van der Waals surface area contributed by atoms with Crippen LogP contribution in [0, 0.1) is 0 Å². The van der Waals surface area contributed by atoms with E-state index in [1.54, 1.807) is 7.11 Å². The summed E-state index contributed by atoms with van der Waals surface area (Å²) >= 11 is 0. The quantitative estimate of drug-likeness (QED) is 0.611. The normalized spacial score (nSPS) is 22.7. The van der Waals surface area contributed by atoms with Gasteiger partial charge in [0, 0.05) is 45.8 Å². The number of morpholine rings is 1. The van der Waals surface area contributed by atoms with Crippen molar-refractivity contribution in [3.05, 3.63) is 29.8 Å². The highest BCUT2D eigenvalue weighted by molar-refractivity contribution is 5.80. The van der Waals surface area contributed by atoms with Crippen LogP contribution in [0.25, 0.3) is 0 Å². The van der Waals surface area contributed by atoms with Crippen LogP contribution in [-0.4, -0.2) is 81.9 Å². The molecule has 150 valence electrons. The zero-order valence-electron chi connectivity index (χ0n) is 17.0. The molecule has 3 rings (SSSR count). The third-order valence-electron chi connectivity index (χ3n) is 5.78. The molecule has 2 aliphatic heterocycles. The highest BCUT2D eigenvalue weighted by Gasteiger charge is 2.30. The molecule has 2 fully saturated rings. The van der Waals surface area contributed by atoms with E-state index in [-0.39, 0.29) is 0 Å². The molecule has 0 aromatic heterocycles. The Morgan fingerprint density at radius 1 is 1.26 bits per heavy atom. The topological polar surface area (TPSA) is 49.3 Å². The smallest absolute Gasteiger partial charge is 0.193 e. The fourth-order valence-electron chi connectivity index (χ4n) is 4.01. The first-order valence-electron chi connectivity index (χ1n) is 10.1. The second kappa shape index (κ2) is 9.95. The second-order valence-corrected chi connectivity index (χ2v) is 7.47. The lowest BCUT2D eigenvalue weighted by Gasteiger charge is -2.32. The van der Waals surface area contributed by atoms with Crippen LogP contribution in [0.15, 0.2) is 29.3 Å². The third-order valence-corrected chi connectivity index (χ3v) is 5.78. The van der Waals surface area contributed by atoms with Crippen LogP contribution in [-0.2, 0) is 4.74 Å². The molecule has 1 N–H and O–H groups in total. The monoisotopic (exact) mass is 374 g/mol. The van der Waals surface area contributed by atoms with Gasteiger partial charge in [-0.15, -0.1) is 0 Å². The van der Waals surface area contributed by atoms with Crippen LogP contribution in [0.4, 0.5) is 0 Å². The lowest BCUT2D eigenvalue weighted by Crippen LogP contribution is -2.46. The predicted molar refractivity (Wildman–Crippen MR) is 110 cm³/mol. The molecule has 2 heterocycles. The molecule has 2 saturated heterocycles. The molecular formula is C21H34N4O2. The molecule has 1 aromatic carbocycles. The van der Waals surface area contributed by atoms with Gasteiger partial charge >= 0.3 is 0 Å². The summed E-state index contributed by atoms with van der Waals surface area (Å²) in [5.41, 5.74) is 1.35. The lowest BCUT2D eigenvalue weighted by molar-refractivity contribution is 0.0195. The zero-order valence-corrected chi connectivity index (χ0v) is 17.0. The van der Waals surface area contributed by atoms with Gasteiger partial charge in [0.25, 0.3) is 0 Å². The largest absolute Gasteiger partial charge is 0.497 e. The molecule has 0 bridgehead atoms. The Balaban J connectivity index is 1.43. The van der Waals surface area contributed by atoms with Crippen molar-refractivity contribution in [1.29, 1.82) is 0 Å². The summed E-state index contributed by atoms with van der Waals surface area (Å²) in [5, 5.41) is 3.57. The van der Waals surface area contributed by atoms with Gasteiger partial charge in [0.15, 0.2) is 5.96 Å². The summed E-state index contributed by atoms with van der Waals surface area (Å²) in [6.45, 7) is 9.20. The average molecular weight is 375 g/mol. The SMILES string of the molecule is CN=C(NCCC(C)c1ccc(OC)cc1)N1CCC(N2CCOCC2)C1. The Morgan fingerprint density at radius 2 is 2.00 bits per heavy atom. The van der Waals surface area contributed by atoms with Crippen molar-refractivity contribution in [2.45, 2.75) is 31.7 Å². The molecule has 0 aliphatic carbocycles. The number of rotatable bonds is 6. The van der Waals surface area contributed by atoms with Gasteiger partial charge in [-0.05, 0) is 36.5 Å². The van der Waals surface area contributed by atoms with Gasteiger partial charge in [0.05, 0.1) is 20.3 Å². The molecule has 2 atom stereocenters. The summed E-state index contributed by atoms with van der Waals surface area (Å²) < 4.78 is 10.7. The summed E-state index contributed by atoms with van der Waals surface area (Å²) in [7, 11) is 3.59. The van der Waals surface area contributed by atoms with E-state index in [0.717, 1.165) is 64.1 Å². The van der Waals surface area contributed by atoms with Gasteiger partial charge in [-0.2, -0.15) is 0 Å². The van der Waals surface area contributed by atoms with Gasteiger partial charge < -0.3 is 19.7 Å². The number of nitrogens with zero attached hydrogens (tertiary/aromatic N) is 3. The van der Waals surface area contributed by atoms with E-state index < -0.39 is 0 Å². The molecule has 0 amide bonds. The number of methoxy groups -OCH3 is 1. The minimum Gasteiger partial charge on any atom is -0.497 e. The highest BCUT2D eigenvalue weighted by Crippen LogP contribution is 2.21. The summed E-state index contributed by atoms with van der Waals surface area (Å²) in [6, 6.07) is 9.02. The van der Waals surface area contributed by atoms with Crippen LogP contribution >= 0.6 is 0 Å². The van der Waals surface area contributed by atoms with E-state index >= 15 is 0 Å². The van der Waals surface area contributed by atoms with Gasteiger partial charge in [0.2, 0.25) is 0 Å². The van der Waals surface area contributed by atoms with Gasteiger partial charge in [-0.1, -0.05) is 19.1 Å². The van der Waals surface area contributed by atoms with Crippen LogP contribution in [0.5, 0.6) is 5.75 Å². The van der Waals surface area contributed by atoms with Gasteiger partial charge in [-0.3, -0.25) is 9.89 Å². The minimum atomic E-state index is 0.501. The van der Waals surface area contributed by atoms with Crippen molar-refractivity contribution in [2.24, 2.45) is 4.99 Å². The molecular weight excluding hydrogens is 340 g/mol. The lowest BCUT2D eigenvalue weighted by atomic mass is 9.98. The summed E-state index contributed by atoms with van der Waals surface area (Å²) in [5.74, 6) is 2.45. The molecule has 2 aliphatic rings. The van der Waals surface area contributed by atoms with Crippen LogP contribution < -0.4 is 10.1 Å². The minimum absolute atomic E-state index is 0.501. The van der Waals surface area contributed by atoms with Crippen LogP contribution in [0.1, 0.15) is 31.2 Å². The highest BCUT2D eigenvalue weighted by atomic mass is 16.5. The Bertz CT molecular complexity index is 599. The first kappa shape index (κ1) is 20.0. The number of aliphatic imine (C=N–C) groups is 1. The van der Waals surface area contributed by atoms with E-state index in [1.807, 2.05) is 19.2 Å². The van der Waals surface area contributed by atoms with E-state index in [9.17, 15) is 0 Å². The first-order valence-corrected chi connectivity index (χ1v) is 10.1. The molecule has 27 heavy (non-hydrogen) atoms. The van der Waals surface area contributed by atoms with E-state index in [0.29, 0.717) is 12.0 Å². The molecule has 1 aromatic rings. The standard InChI is InChI=1S/C21H34N4O2/c1-17(18-4-6-20(26-3)7-5-18)8-10-23-21(22-2)25-11-9-19(16-25)24-12-14-27-15-13-24/h4-7,17,19H,8-16H2,1-3H3,(H,22,23). The number of benzene rings is 1. The third kappa shape index (κ3) is 5.36. The first-order chi connectivity index (χ1) is 13.2. The van der Waals surface area contributed by atoms with Crippen molar-refractivity contribution in [3.8, 4) is 5.75 Å². The van der Waals surface area contributed by atoms with Gasteiger partial charge in [-0.25, -0.2) is 0 Å². The Labute approximate surface area is 163 Å². The number of hydrogen-bond donors (Lipinski definition) is 1. The van der Waals surface area contributed by atoms with E-state index in [2.05, 4.69) is 39.2 Å². The predicted octanol–water partition coefficient (Wildman–Crippen LogP) is 2.17. The molecule has 6 nitrogen and oxygen atoms in total. The Kier molecular flexibility index (Phi) is 7.35. The van der Waals surface area contributed by atoms with Crippen molar-refractivity contribution >= 4 is 5.96 Å². The number of nitrogens with one attached hydrogen (secondary N) is 1. The van der Waals surface area contributed by atoms with Crippen molar-refractivity contribution in [3.63, 3.8) is 0 Å². The average Bonchev–Trinajstić information content (AvgIpc) is 3.22. The molecule has 6 heteroatoms. The molecule has 0 radical (unpaired) electrons. The van der Waals surface area contributed by atoms with E-state index in [1.165, 1.54) is 12.0 Å². The Morgan fingerprint density at radius 3 is 2.67 bits per heavy atom. The molecule has 2 unspecified atom stereocenters. The number of guanidine groups is 1. The fourth-order valence-corrected chi connectivity index (χ4v) is 4.01. The Hall–Kier alpha value is -1.79.